The summed E-state index contributed by atoms with van der Waals surface area (Å²) in [6, 6.07) is 9.64. The summed E-state index contributed by atoms with van der Waals surface area (Å²) in [4.78, 5) is 25.1. The molecule has 5 heteroatoms. The molecule has 22 heavy (non-hydrogen) atoms. The maximum atomic E-state index is 12.2. The van der Waals surface area contributed by atoms with Gasteiger partial charge in [-0.1, -0.05) is 37.3 Å². The van der Waals surface area contributed by atoms with Gasteiger partial charge < -0.3 is 11.1 Å². The Bertz CT molecular complexity index is 737. The normalized spacial score (nSPS) is 19.7. The Hall–Kier alpha value is -2.14. The zero-order valence-corrected chi connectivity index (χ0v) is 13.4. The molecule has 0 spiro atoms. The zero-order valence-electron chi connectivity index (χ0n) is 12.6. The lowest BCUT2D eigenvalue weighted by Gasteiger charge is -2.06. The van der Waals surface area contributed by atoms with Crippen LogP contribution in [-0.4, -0.2) is 11.8 Å². The molecule has 0 bridgehead atoms. The van der Waals surface area contributed by atoms with E-state index in [1.165, 1.54) is 11.3 Å². The molecule has 2 atom stereocenters. The smallest absolute Gasteiger partial charge is 0.252 e. The van der Waals surface area contributed by atoms with E-state index in [0.29, 0.717) is 16.5 Å². The number of hydrogen-bond donors (Lipinski definition) is 2. The minimum Gasteiger partial charge on any atom is -0.365 e. The van der Waals surface area contributed by atoms with Gasteiger partial charge in [0.15, 0.2) is 0 Å². The third kappa shape index (κ3) is 2.64. The van der Waals surface area contributed by atoms with Crippen molar-refractivity contribution in [2.45, 2.75) is 20.3 Å². The van der Waals surface area contributed by atoms with Gasteiger partial charge in [-0.25, -0.2) is 0 Å². The van der Waals surface area contributed by atoms with E-state index < -0.39 is 5.91 Å². The maximum Gasteiger partial charge on any atom is 0.252 e. The number of nitrogens with two attached hydrogens (primary N) is 1. The number of benzene rings is 1. The van der Waals surface area contributed by atoms with Crippen LogP contribution in [0.2, 0.25) is 0 Å². The van der Waals surface area contributed by atoms with Crippen molar-refractivity contribution in [3.63, 3.8) is 0 Å². The zero-order chi connectivity index (χ0) is 15.9. The highest BCUT2D eigenvalue weighted by Crippen LogP contribution is 2.42. The summed E-state index contributed by atoms with van der Waals surface area (Å²) in [5.74, 6) is -0.0480. The lowest BCUT2D eigenvalue weighted by Crippen LogP contribution is -2.18. The molecule has 0 radical (unpaired) electrons. The average molecular weight is 314 g/mol. The number of hydrogen-bond acceptors (Lipinski definition) is 3. The molecule has 1 aliphatic carbocycles. The second-order valence-corrected chi connectivity index (χ2v) is 7.00. The van der Waals surface area contributed by atoms with Crippen LogP contribution in [0.25, 0.3) is 11.1 Å². The fourth-order valence-electron chi connectivity index (χ4n) is 2.71. The van der Waals surface area contributed by atoms with Gasteiger partial charge in [-0.05, 0) is 24.8 Å². The van der Waals surface area contributed by atoms with Crippen LogP contribution in [0.15, 0.2) is 30.3 Å². The largest absolute Gasteiger partial charge is 0.365 e. The van der Waals surface area contributed by atoms with E-state index in [-0.39, 0.29) is 11.8 Å². The molecule has 3 N–H and O–H groups in total. The first-order chi connectivity index (χ1) is 10.5. The highest BCUT2D eigenvalue weighted by Gasteiger charge is 2.39. The van der Waals surface area contributed by atoms with Crippen molar-refractivity contribution in [2.24, 2.45) is 17.6 Å². The van der Waals surface area contributed by atoms with Gasteiger partial charge in [0.1, 0.15) is 5.00 Å². The fourth-order valence-corrected chi connectivity index (χ4v) is 3.80. The second kappa shape index (κ2) is 5.57. The van der Waals surface area contributed by atoms with Crippen molar-refractivity contribution in [3.8, 4) is 11.1 Å². The average Bonchev–Trinajstić information content (AvgIpc) is 3.12. The number of thiophene rings is 1. The van der Waals surface area contributed by atoms with Crippen molar-refractivity contribution in [1.82, 2.24) is 0 Å². The topological polar surface area (TPSA) is 72.2 Å². The molecular weight excluding hydrogens is 296 g/mol. The van der Waals surface area contributed by atoms with Gasteiger partial charge in [-0.2, -0.15) is 0 Å². The Balaban J connectivity index is 2.01. The van der Waals surface area contributed by atoms with Gasteiger partial charge in [-0.15, -0.1) is 11.3 Å². The van der Waals surface area contributed by atoms with E-state index in [4.69, 9.17) is 5.73 Å². The van der Waals surface area contributed by atoms with Crippen LogP contribution in [0.3, 0.4) is 0 Å². The third-order valence-electron chi connectivity index (χ3n) is 4.08. The summed E-state index contributed by atoms with van der Waals surface area (Å²) in [5.41, 5.74) is 7.74. The van der Waals surface area contributed by atoms with Crippen LogP contribution in [0.5, 0.6) is 0 Å². The van der Waals surface area contributed by atoms with E-state index in [1.807, 2.05) is 44.2 Å². The quantitative estimate of drug-likeness (QED) is 0.907. The minimum atomic E-state index is -0.512. The van der Waals surface area contributed by atoms with Crippen molar-refractivity contribution in [3.05, 3.63) is 40.8 Å². The summed E-state index contributed by atoms with van der Waals surface area (Å²) >= 11 is 1.41. The first kappa shape index (κ1) is 14.8. The van der Waals surface area contributed by atoms with E-state index >= 15 is 0 Å². The number of rotatable bonds is 4. The van der Waals surface area contributed by atoms with Crippen molar-refractivity contribution in [2.75, 3.05) is 5.32 Å². The highest BCUT2D eigenvalue weighted by molar-refractivity contribution is 7.17. The monoisotopic (exact) mass is 314 g/mol. The van der Waals surface area contributed by atoms with Gasteiger partial charge in [0.05, 0.1) is 5.56 Å². The number of carbonyl (C=O) groups excluding carboxylic acids is 2. The molecule has 114 valence electrons. The van der Waals surface area contributed by atoms with E-state index in [9.17, 15) is 9.59 Å². The van der Waals surface area contributed by atoms with E-state index in [1.54, 1.807) is 0 Å². The summed E-state index contributed by atoms with van der Waals surface area (Å²) in [6.45, 7) is 3.99. The Morgan fingerprint density at radius 3 is 2.45 bits per heavy atom. The molecule has 0 saturated heterocycles. The number of amides is 2. The third-order valence-corrected chi connectivity index (χ3v) is 5.10. The van der Waals surface area contributed by atoms with Gasteiger partial charge >= 0.3 is 0 Å². The molecule has 1 heterocycles. The van der Waals surface area contributed by atoms with Gasteiger partial charge in [0, 0.05) is 16.4 Å². The van der Waals surface area contributed by atoms with Crippen LogP contribution in [0.1, 0.15) is 28.6 Å². The summed E-state index contributed by atoms with van der Waals surface area (Å²) in [6.07, 6.45) is 0.910. The van der Waals surface area contributed by atoms with Gasteiger partial charge in [0.2, 0.25) is 5.91 Å². The first-order valence-corrected chi connectivity index (χ1v) is 8.10. The first-order valence-electron chi connectivity index (χ1n) is 7.28. The molecule has 1 fully saturated rings. The number of carbonyl (C=O) groups is 2. The molecule has 1 aliphatic rings. The van der Waals surface area contributed by atoms with Gasteiger partial charge in [-0.3, -0.25) is 9.59 Å². The molecule has 2 amide bonds. The lowest BCUT2D eigenvalue weighted by molar-refractivity contribution is -0.117. The minimum absolute atomic E-state index is 0.0177. The van der Waals surface area contributed by atoms with Crippen LogP contribution in [0, 0.1) is 18.8 Å². The van der Waals surface area contributed by atoms with Crippen molar-refractivity contribution >= 4 is 28.2 Å². The number of nitrogens with one attached hydrogen (secondary N) is 1. The predicted molar refractivity (Wildman–Crippen MR) is 88.9 cm³/mol. The van der Waals surface area contributed by atoms with Crippen molar-refractivity contribution < 1.29 is 9.59 Å². The summed E-state index contributed by atoms with van der Waals surface area (Å²) < 4.78 is 0. The van der Waals surface area contributed by atoms with E-state index in [2.05, 4.69) is 5.32 Å². The Morgan fingerprint density at radius 2 is 1.91 bits per heavy atom. The molecule has 2 unspecified atom stereocenters. The molecule has 3 rings (SSSR count). The number of primary amides is 1. The standard InChI is InChI=1S/C17H18N2O2S/c1-9-8-12(9)16(21)19-17-14(15(18)20)13(10(2)22-17)11-6-4-3-5-7-11/h3-7,9,12H,8H2,1-2H3,(H2,18,20)(H,19,21). The SMILES string of the molecule is Cc1sc(NC(=O)C2CC2C)c(C(N)=O)c1-c1ccccc1. The summed E-state index contributed by atoms with van der Waals surface area (Å²) in [7, 11) is 0. The van der Waals surface area contributed by atoms with Crippen LogP contribution in [-0.2, 0) is 4.79 Å². The van der Waals surface area contributed by atoms with Crippen LogP contribution in [0.4, 0.5) is 5.00 Å². The van der Waals surface area contributed by atoms with Crippen LogP contribution < -0.4 is 11.1 Å². The lowest BCUT2D eigenvalue weighted by atomic mass is 10.0. The predicted octanol–water partition coefficient (Wildman–Crippen LogP) is 3.42. The number of anilines is 1. The second-order valence-electron chi connectivity index (χ2n) is 5.78. The number of aryl methyl sites for hydroxylation is 1. The molecule has 1 aromatic carbocycles. The van der Waals surface area contributed by atoms with Crippen molar-refractivity contribution in [1.29, 1.82) is 0 Å². The molecule has 4 nitrogen and oxygen atoms in total. The molecule has 2 aromatic rings. The molecular formula is C17H18N2O2S. The molecule has 1 aromatic heterocycles. The summed E-state index contributed by atoms with van der Waals surface area (Å²) in [5, 5.41) is 3.46. The Morgan fingerprint density at radius 1 is 1.27 bits per heavy atom. The fraction of sp³-hybridized carbons (Fsp3) is 0.294. The Kier molecular flexibility index (Phi) is 3.74. The van der Waals surface area contributed by atoms with E-state index in [0.717, 1.165) is 22.4 Å². The molecule has 0 aliphatic heterocycles. The maximum absolute atomic E-state index is 12.2. The van der Waals surface area contributed by atoms with Gasteiger partial charge in [0.25, 0.3) is 5.91 Å². The Labute approximate surface area is 133 Å². The molecule has 1 saturated carbocycles. The highest BCUT2D eigenvalue weighted by atomic mass is 32.1. The van der Waals surface area contributed by atoms with Crippen LogP contribution >= 0.6 is 11.3 Å².